The van der Waals surface area contributed by atoms with Gasteiger partial charge in [0.25, 0.3) is 0 Å². The van der Waals surface area contributed by atoms with Crippen molar-refractivity contribution in [2.75, 3.05) is 18.0 Å². The van der Waals surface area contributed by atoms with Gasteiger partial charge >= 0.3 is 5.97 Å². The normalized spacial score (nSPS) is 16.7. The molecule has 1 aliphatic rings. The van der Waals surface area contributed by atoms with Crippen LogP contribution in [-0.4, -0.2) is 28.6 Å². The number of carbonyl (C=O) groups excluding carboxylic acids is 1. The Labute approximate surface area is 205 Å². The van der Waals surface area contributed by atoms with Crippen LogP contribution in [0.25, 0.3) is 10.9 Å². The lowest BCUT2D eigenvalue weighted by Gasteiger charge is -2.31. The zero-order valence-electron chi connectivity index (χ0n) is 20.5. The average Bonchev–Trinajstić information content (AvgIpc) is 3.35. The van der Waals surface area contributed by atoms with Gasteiger partial charge in [-0.15, -0.1) is 0 Å². The molecule has 0 saturated heterocycles. The molecule has 6 nitrogen and oxygen atoms in total. The number of cyclic esters (lactones) is 1. The van der Waals surface area contributed by atoms with Crippen molar-refractivity contribution >= 4 is 22.6 Å². The fourth-order valence-electron chi connectivity index (χ4n) is 5.58. The molecule has 1 atom stereocenters. The molecule has 0 spiro atoms. The molecule has 176 valence electrons. The van der Waals surface area contributed by atoms with Crippen molar-refractivity contribution in [2.24, 2.45) is 0 Å². The van der Waals surface area contributed by atoms with E-state index in [2.05, 4.69) is 53.4 Å². The third-order valence-electron chi connectivity index (χ3n) is 7.14. The number of pyridine rings is 1. The Morgan fingerprint density at radius 2 is 1.86 bits per heavy atom. The number of hydrogen-bond acceptors (Lipinski definition) is 5. The summed E-state index contributed by atoms with van der Waals surface area (Å²) in [5.41, 5.74) is 4.58. The Hall–Kier alpha value is -4.11. The van der Waals surface area contributed by atoms with Gasteiger partial charge in [-0.05, 0) is 58.0 Å². The highest BCUT2D eigenvalue weighted by Gasteiger charge is 2.53. The molecule has 4 aromatic rings. The zero-order valence-corrected chi connectivity index (χ0v) is 20.5. The van der Waals surface area contributed by atoms with Gasteiger partial charge in [0.05, 0.1) is 17.2 Å². The van der Waals surface area contributed by atoms with Crippen molar-refractivity contribution in [3.8, 4) is 6.07 Å². The quantitative estimate of drug-likeness (QED) is 0.350. The Kier molecular flexibility index (Phi) is 5.56. The molecule has 0 amide bonds. The van der Waals surface area contributed by atoms with Crippen LogP contribution in [0.3, 0.4) is 0 Å². The van der Waals surface area contributed by atoms with E-state index in [0.717, 1.165) is 47.5 Å². The van der Waals surface area contributed by atoms with Crippen LogP contribution in [-0.2, 0) is 16.9 Å². The average molecular weight is 465 g/mol. The van der Waals surface area contributed by atoms with E-state index in [4.69, 9.17) is 4.74 Å². The number of nitriles is 1. The van der Waals surface area contributed by atoms with E-state index in [9.17, 15) is 10.1 Å². The predicted octanol–water partition coefficient (Wildman–Crippen LogP) is 5.54. The van der Waals surface area contributed by atoms with Crippen LogP contribution < -0.4 is 4.90 Å². The lowest BCUT2D eigenvalue weighted by Crippen LogP contribution is -2.32. The number of fused-ring (bicyclic) bond motifs is 2. The van der Waals surface area contributed by atoms with Gasteiger partial charge in [0.1, 0.15) is 5.69 Å². The molecule has 35 heavy (non-hydrogen) atoms. The lowest BCUT2D eigenvalue weighted by molar-refractivity contribution is 0.0245. The second-order valence-corrected chi connectivity index (χ2v) is 8.71. The lowest BCUT2D eigenvalue weighted by atomic mass is 9.79. The number of anilines is 1. The number of benzene rings is 2. The molecule has 3 heterocycles. The summed E-state index contributed by atoms with van der Waals surface area (Å²) in [6, 6.07) is 19.8. The monoisotopic (exact) mass is 464 g/mol. The van der Waals surface area contributed by atoms with Crippen LogP contribution in [0.4, 0.5) is 5.69 Å². The van der Waals surface area contributed by atoms with Gasteiger partial charge in [-0.2, -0.15) is 5.26 Å². The van der Waals surface area contributed by atoms with Crippen molar-refractivity contribution in [2.45, 2.75) is 39.8 Å². The second-order valence-electron chi connectivity index (χ2n) is 8.71. The van der Waals surface area contributed by atoms with Crippen LogP contribution in [0.1, 0.15) is 59.2 Å². The number of ether oxygens (including phenoxy) is 1. The maximum absolute atomic E-state index is 13.3. The minimum absolute atomic E-state index is 0.428. The Balaban J connectivity index is 1.91. The van der Waals surface area contributed by atoms with Gasteiger partial charge in [-0.3, -0.25) is 4.98 Å². The van der Waals surface area contributed by atoms with Crippen molar-refractivity contribution < 1.29 is 9.53 Å². The predicted molar refractivity (Wildman–Crippen MR) is 137 cm³/mol. The molecule has 0 radical (unpaired) electrons. The zero-order chi connectivity index (χ0) is 24.7. The maximum atomic E-state index is 13.3. The van der Waals surface area contributed by atoms with Crippen LogP contribution in [0, 0.1) is 18.3 Å². The van der Waals surface area contributed by atoms with Gasteiger partial charge in [0.15, 0.2) is 0 Å². The van der Waals surface area contributed by atoms with E-state index < -0.39 is 11.6 Å². The standard InChI is InChI=1S/C29H28N4O2/c1-5-32(6-2)21-14-15-24(20(17-21)18-30)29(27-23(28(34)35-29)12-10-16-31-27)26-19(4)33(7-3)25-13-9-8-11-22(25)26/h8-17H,5-7H2,1-4H3. The fourth-order valence-corrected chi connectivity index (χ4v) is 5.58. The van der Waals surface area contributed by atoms with E-state index in [-0.39, 0.29) is 0 Å². The highest BCUT2D eigenvalue weighted by Crippen LogP contribution is 2.51. The summed E-state index contributed by atoms with van der Waals surface area (Å²) in [5.74, 6) is -0.433. The molecule has 0 N–H and O–H groups in total. The van der Waals surface area contributed by atoms with Crippen molar-refractivity contribution in [1.82, 2.24) is 9.55 Å². The number of nitrogens with zero attached hydrogens (tertiary/aromatic N) is 4. The number of hydrogen-bond donors (Lipinski definition) is 0. The molecule has 2 aromatic heterocycles. The fraction of sp³-hybridized carbons (Fsp3) is 0.276. The number of esters is 1. The first-order valence-electron chi connectivity index (χ1n) is 12.1. The van der Waals surface area contributed by atoms with E-state index in [1.54, 1.807) is 18.3 Å². The smallest absolute Gasteiger partial charge is 0.341 e. The minimum atomic E-state index is -1.33. The Bertz CT molecular complexity index is 1490. The first-order chi connectivity index (χ1) is 17.0. The Morgan fingerprint density at radius 1 is 1.09 bits per heavy atom. The second kappa shape index (κ2) is 8.59. The first kappa shape index (κ1) is 22.7. The highest BCUT2D eigenvalue weighted by molar-refractivity contribution is 5.98. The van der Waals surface area contributed by atoms with Crippen molar-refractivity contribution in [3.63, 3.8) is 0 Å². The molecule has 5 rings (SSSR count). The van der Waals surface area contributed by atoms with E-state index in [0.29, 0.717) is 22.4 Å². The molecular formula is C29H28N4O2. The van der Waals surface area contributed by atoms with Gasteiger partial charge in [-0.25, -0.2) is 4.79 Å². The molecular weight excluding hydrogens is 436 g/mol. The molecule has 0 fully saturated rings. The summed E-state index contributed by atoms with van der Waals surface area (Å²) < 4.78 is 8.57. The summed E-state index contributed by atoms with van der Waals surface area (Å²) in [6.07, 6.45) is 1.68. The van der Waals surface area contributed by atoms with Crippen LogP contribution in [0.5, 0.6) is 0 Å². The van der Waals surface area contributed by atoms with E-state index in [1.165, 1.54) is 0 Å². The summed E-state index contributed by atoms with van der Waals surface area (Å²) in [4.78, 5) is 20.1. The summed E-state index contributed by atoms with van der Waals surface area (Å²) >= 11 is 0. The van der Waals surface area contributed by atoms with Gasteiger partial charge in [0.2, 0.25) is 5.60 Å². The Morgan fingerprint density at radius 3 is 2.57 bits per heavy atom. The summed E-state index contributed by atoms with van der Waals surface area (Å²) in [5, 5.41) is 11.3. The van der Waals surface area contributed by atoms with Gasteiger partial charge in [0, 0.05) is 59.2 Å². The van der Waals surface area contributed by atoms with Crippen molar-refractivity contribution in [1.29, 1.82) is 5.26 Å². The van der Waals surface area contributed by atoms with E-state index in [1.807, 2.05) is 37.3 Å². The number of para-hydroxylation sites is 1. The van der Waals surface area contributed by atoms with Gasteiger partial charge < -0.3 is 14.2 Å². The first-order valence-corrected chi connectivity index (χ1v) is 12.1. The number of carbonyl (C=O) groups is 1. The molecule has 0 saturated carbocycles. The van der Waals surface area contributed by atoms with Crippen LogP contribution in [0.2, 0.25) is 0 Å². The summed E-state index contributed by atoms with van der Waals surface area (Å²) in [6.45, 7) is 10.7. The van der Waals surface area contributed by atoms with E-state index >= 15 is 0 Å². The summed E-state index contributed by atoms with van der Waals surface area (Å²) in [7, 11) is 0. The largest absolute Gasteiger partial charge is 0.439 e. The van der Waals surface area contributed by atoms with Gasteiger partial charge in [-0.1, -0.05) is 24.3 Å². The minimum Gasteiger partial charge on any atom is -0.439 e. The number of aryl methyl sites for hydroxylation is 1. The SMILES string of the molecule is CCN(CC)c1ccc(C2(c3c(C)n(CC)c4ccccc34)OC(=O)c3cccnc32)c(C#N)c1. The van der Waals surface area contributed by atoms with Crippen LogP contribution in [0.15, 0.2) is 60.8 Å². The third kappa shape index (κ3) is 3.15. The molecule has 2 aromatic carbocycles. The topological polar surface area (TPSA) is 71.2 Å². The third-order valence-corrected chi connectivity index (χ3v) is 7.14. The molecule has 0 aliphatic carbocycles. The molecule has 1 aliphatic heterocycles. The maximum Gasteiger partial charge on any atom is 0.341 e. The van der Waals surface area contributed by atoms with Crippen LogP contribution >= 0.6 is 0 Å². The number of rotatable bonds is 6. The molecule has 0 bridgehead atoms. The number of aromatic nitrogens is 2. The van der Waals surface area contributed by atoms with Crippen molar-refractivity contribution in [3.05, 3.63) is 94.4 Å². The molecule has 1 unspecified atom stereocenters. The highest BCUT2D eigenvalue weighted by atomic mass is 16.6. The molecule has 6 heteroatoms.